The van der Waals surface area contributed by atoms with E-state index in [1.807, 2.05) is 6.07 Å². The van der Waals surface area contributed by atoms with Crippen LogP contribution in [0.15, 0.2) is 30.3 Å². The fourth-order valence-corrected chi connectivity index (χ4v) is 2.37. The molecule has 0 saturated heterocycles. The van der Waals surface area contributed by atoms with Crippen molar-refractivity contribution < 1.29 is 19.1 Å². The largest absolute Gasteiger partial charge is 0.486 e. The van der Waals surface area contributed by atoms with Gasteiger partial charge in [-0.1, -0.05) is 50.8 Å². The predicted octanol–water partition coefficient (Wildman–Crippen LogP) is 2.36. The Labute approximate surface area is 149 Å². The molecule has 0 aliphatic rings. The van der Waals surface area contributed by atoms with E-state index in [2.05, 4.69) is 12.2 Å². The number of carbonyl (C=O) groups excluding carboxylic acids is 3. The van der Waals surface area contributed by atoms with Crippen LogP contribution in [0.5, 0.6) is 5.75 Å². The highest BCUT2D eigenvalue weighted by molar-refractivity contribution is 5.93. The van der Waals surface area contributed by atoms with E-state index in [1.54, 1.807) is 24.3 Å². The molecule has 6 heteroatoms. The summed E-state index contributed by atoms with van der Waals surface area (Å²) in [6, 6.07) is 7.94. The molecule has 138 valence electrons. The summed E-state index contributed by atoms with van der Waals surface area (Å²) in [7, 11) is 0. The van der Waals surface area contributed by atoms with E-state index < -0.39 is 11.9 Å². The average molecular weight is 348 g/mol. The monoisotopic (exact) mass is 348 g/mol. The summed E-state index contributed by atoms with van der Waals surface area (Å²) in [6.07, 6.45) is 5.25. The first kappa shape index (κ1) is 20.7. The molecule has 25 heavy (non-hydrogen) atoms. The lowest BCUT2D eigenvalue weighted by Crippen LogP contribution is -2.45. The summed E-state index contributed by atoms with van der Waals surface area (Å²) in [5, 5.41) is 2.61. The molecule has 1 aromatic carbocycles. The maximum Gasteiger partial charge on any atom is 0.220 e. The van der Waals surface area contributed by atoms with Gasteiger partial charge in [0.15, 0.2) is 5.78 Å². The second kappa shape index (κ2) is 12.1. The number of nitrogens with two attached hydrogens (primary N) is 1. The number of hydrogen-bond acceptors (Lipinski definition) is 4. The van der Waals surface area contributed by atoms with E-state index in [0.717, 1.165) is 32.1 Å². The highest BCUT2D eigenvalue weighted by atomic mass is 16.5. The number of hydrogen-bond donors (Lipinski definition) is 2. The Bertz CT molecular complexity index is 546. The first-order valence-electron chi connectivity index (χ1n) is 8.81. The summed E-state index contributed by atoms with van der Waals surface area (Å²) in [4.78, 5) is 35.4. The zero-order chi connectivity index (χ0) is 18.5. The number of rotatable bonds is 13. The van der Waals surface area contributed by atoms with Crippen molar-refractivity contribution in [1.29, 1.82) is 0 Å². The molecule has 0 aromatic heterocycles. The summed E-state index contributed by atoms with van der Waals surface area (Å²) < 4.78 is 5.38. The van der Waals surface area contributed by atoms with Crippen LogP contribution >= 0.6 is 0 Å². The number of Topliss-reactive ketones (excluding diaryl/α,β-unsaturated/α-hetero) is 1. The number of unbranched alkanes of at least 4 members (excludes halogenated alkanes) is 4. The van der Waals surface area contributed by atoms with Gasteiger partial charge in [0.05, 0.1) is 12.5 Å². The maximum atomic E-state index is 12.3. The molecule has 0 aliphatic carbocycles. The lowest BCUT2D eigenvalue weighted by Gasteiger charge is -2.16. The summed E-state index contributed by atoms with van der Waals surface area (Å²) >= 11 is 0. The van der Waals surface area contributed by atoms with E-state index in [9.17, 15) is 14.4 Å². The van der Waals surface area contributed by atoms with Crippen molar-refractivity contribution in [2.75, 3.05) is 6.61 Å². The normalized spacial score (nSPS) is 11.6. The number of para-hydroxylation sites is 1. The Morgan fingerprint density at radius 2 is 1.76 bits per heavy atom. The number of benzene rings is 1. The van der Waals surface area contributed by atoms with Gasteiger partial charge in [-0.05, 0) is 18.6 Å². The van der Waals surface area contributed by atoms with E-state index in [1.165, 1.54) is 0 Å². The molecule has 0 heterocycles. The standard InChI is InChI=1S/C19H28N2O4/c1-2-3-4-5-9-12-19(24)21-16(13-18(20)23)17(22)14-25-15-10-7-6-8-11-15/h6-8,10-11,16H,2-5,9,12-14H2,1H3,(H2,20,23)(H,21,24)/t16-/m1/s1. The van der Waals surface area contributed by atoms with Gasteiger partial charge < -0.3 is 15.8 Å². The van der Waals surface area contributed by atoms with Gasteiger partial charge in [-0.2, -0.15) is 0 Å². The number of nitrogens with one attached hydrogen (secondary N) is 1. The van der Waals surface area contributed by atoms with Crippen LogP contribution in [0.1, 0.15) is 51.9 Å². The number of ether oxygens (including phenoxy) is 1. The molecule has 0 aliphatic heterocycles. The van der Waals surface area contributed by atoms with Crippen molar-refractivity contribution in [2.24, 2.45) is 5.73 Å². The van der Waals surface area contributed by atoms with Gasteiger partial charge in [-0.15, -0.1) is 0 Å². The number of carbonyl (C=O) groups is 3. The van der Waals surface area contributed by atoms with Crippen molar-refractivity contribution >= 4 is 17.6 Å². The molecule has 1 aromatic rings. The Hall–Kier alpha value is -2.37. The Balaban J connectivity index is 2.44. The smallest absolute Gasteiger partial charge is 0.220 e. The van der Waals surface area contributed by atoms with E-state index in [4.69, 9.17) is 10.5 Å². The van der Waals surface area contributed by atoms with Gasteiger partial charge in [0.1, 0.15) is 12.4 Å². The average Bonchev–Trinajstić information content (AvgIpc) is 2.59. The molecule has 3 N–H and O–H groups in total. The number of primary amides is 1. The molecule has 0 spiro atoms. The van der Waals surface area contributed by atoms with E-state index in [0.29, 0.717) is 12.2 Å². The molecule has 0 radical (unpaired) electrons. The van der Waals surface area contributed by atoms with Crippen LogP contribution in [0.4, 0.5) is 0 Å². The van der Waals surface area contributed by atoms with Gasteiger partial charge in [0.2, 0.25) is 11.8 Å². The number of amides is 2. The number of ketones is 1. The quantitative estimate of drug-likeness (QED) is 0.535. The van der Waals surface area contributed by atoms with Crippen molar-refractivity contribution in [2.45, 2.75) is 57.9 Å². The third kappa shape index (κ3) is 9.49. The molecule has 0 bridgehead atoms. The second-order valence-electron chi connectivity index (χ2n) is 6.02. The molecule has 6 nitrogen and oxygen atoms in total. The zero-order valence-electron chi connectivity index (χ0n) is 14.8. The first-order chi connectivity index (χ1) is 12.0. The van der Waals surface area contributed by atoms with Crippen LogP contribution < -0.4 is 15.8 Å². The lowest BCUT2D eigenvalue weighted by atomic mass is 10.1. The fraction of sp³-hybridized carbons (Fsp3) is 0.526. The van der Waals surface area contributed by atoms with Crippen molar-refractivity contribution in [3.63, 3.8) is 0 Å². The third-order valence-electron chi connectivity index (χ3n) is 3.76. The molecular formula is C19H28N2O4. The van der Waals surface area contributed by atoms with Crippen LogP contribution in [-0.4, -0.2) is 30.2 Å². The highest BCUT2D eigenvalue weighted by Crippen LogP contribution is 2.09. The molecule has 2 amide bonds. The first-order valence-corrected chi connectivity index (χ1v) is 8.81. The lowest BCUT2D eigenvalue weighted by molar-refractivity contribution is -0.131. The van der Waals surface area contributed by atoms with Gasteiger partial charge in [0.25, 0.3) is 0 Å². The Morgan fingerprint density at radius 3 is 2.40 bits per heavy atom. The van der Waals surface area contributed by atoms with Crippen molar-refractivity contribution in [3.8, 4) is 5.75 Å². The van der Waals surface area contributed by atoms with Crippen molar-refractivity contribution in [3.05, 3.63) is 30.3 Å². The van der Waals surface area contributed by atoms with Crippen LogP contribution in [0, 0.1) is 0 Å². The molecule has 0 unspecified atom stereocenters. The molecule has 1 rings (SSSR count). The third-order valence-corrected chi connectivity index (χ3v) is 3.76. The molecule has 0 saturated carbocycles. The topological polar surface area (TPSA) is 98.5 Å². The molecule has 1 atom stereocenters. The highest BCUT2D eigenvalue weighted by Gasteiger charge is 2.23. The predicted molar refractivity (Wildman–Crippen MR) is 96.1 cm³/mol. The second-order valence-corrected chi connectivity index (χ2v) is 6.02. The van der Waals surface area contributed by atoms with Crippen LogP contribution in [-0.2, 0) is 14.4 Å². The Morgan fingerprint density at radius 1 is 1.08 bits per heavy atom. The minimum Gasteiger partial charge on any atom is -0.486 e. The Kier molecular flexibility index (Phi) is 9.97. The minimum atomic E-state index is -0.940. The molecular weight excluding hydrogens is 320 g/mol. The van der Waals surface area contributed by atoms with Gasteiger partial charge in [0, 0.05) is 6.42 Å². The zero-order valence-corrected chi connectivity index (χ0v) is 14.8. The fourth-order valence-electron chi connectivity index (χ4n) is 2.37. The van der Waals surface area contributed by atoms with Crippen molar-refractivity contribution in [1.82, 2.24) is 5.32 Å². The van der Waals surface area contributed by atoms with Gasteiger partial charge >= 0.3 is 0 Å². The van der Waals surface area contributed by atoms with Gasteiger partial charge in [-0.25, -0.2) is 0 Å². The van der Waals surface area contributed by atoms with E-state index in [-0.39, 0.29) is 24.7 Å². The van der Waals surface area contributed by atoms with E-state index >= 15 is 0 Å². The molecule has 0 fully saturated rings. The maximum absolute atomic E-state index is 12.3. The van der Waals surface area contributed by atoms with Gasteiger partial charge in [-0.3, -0.25) is 14.4 Å². The summed E-state index contributed by atoms with van der Waals surface area (Å²) in [6.45, 7) is 1.91. The SMILES string of the molecule is CCCCCCCC(=O)N[C@H](CC(N)=O)C(=O)COc1ccccc1. The van der Waals surface area contributed by atoms with Crippen LogP contribution in [0.3, 0.4) is 0 Å². The minimum absolute atomic E-state index is 0.223. The van der Waals surface area contributed by atoms with Crippen LogP contribution in [0.25, 0.3) is 0 Å². The summed E-state index contributed by atoms with van der Waals surface area (Å²) in [5.41, 5.74) is 5.19. The van der Waals surface area contributed by atoms with Crippen LogP contribution in [0.2, 0.25) is 0 Å². The summed E-state index contributed by atoms with van der Waals surface area (Å²) in [5.74, 6) is -0.699.